The van der Waals surface area contributed by atoms with E-state index in [9.17, 15) is 0 Å². The molecule has 0 heterocycles. The van der Waals surface area contributed by atoms with Gasteiger partial charge in [-0.2, -0.15) is 12.6 Å². The van der Waals surface area contributed by atoms with Crippen molar-refractivity contribution in [2.24, 2.45) is 0 Å². The molecular weight excluding hydrogens is 222 g/mol. The fourth-order valence-electron chi connectivity index (χ4n) is 1.31. The number of thiol groups is 1. The molecule has 84 valence electrons. The summed E-state index contributed by atoms with van der Waals surface area (Å²) in [6.45, 7) is 3.25. The molecule has 0 amide bonds. The average molecular weight is 241 g/mol. The Kier molecular flexibility index (Phi) is 6.22. The SMILES string of the molecule is CCSc1ccc(CCN(C)CS)cc1. The summed E-state index contributed by atoms with van der Waals surface area (Å²) < 4.78 is 0. The van der Waals surface area contributed by atoms with E-state index in [-0.39, 0.29) is 0 Å². The molecule has 0 aliphatic carbocycles. The monoisotopic (exact) mass is 241 g/mol. The normalized spacial score (nSPS) is 10.9. The number of hydrogen-bond donors (Lipinski definition) is 1. The molecule has 0 aromatic heterocycles. The second kappa shape index (κ2) is 7.20. The van der Waals surface area contributed by atoms with Crippen LogP contribution >= 0.6 is 24.4 Å². The lowest BCUT2D eigenvalue weighted by atomic mass is 10.1. The number of likely N-dealkylation sites (N-methyl/N-ethyl adjacent to an activating group) is 1. The lowest BCUT2D eigenvalue weighted by Gasteiger charge is -2.12. The van der Waals surface area contributed by atoms with Crippen LogP contribution in [0.25, 0.3) is 0 Å². The van der Waals surface area contributed by atoms with Gasteiger partial charge in [-0.05, 0) is 36.9 Å². The molecule has 0 saturated carbocycles. The highest BCUT2D eigenvalue weighted by molar-refractivity contribution is 7.99. The third-order valence-electron chi connectivity index (χ3n) is 2.26. The van der Waals surface area contributed by atoms with Gasteiger partial charge < -0.3 is 0 Å². The van der Waals surface area contributed by atoms with E-state index in [0.29, 0.717) is 0 Å². The first kappa shape index (κ1) is 12.9. The molecule has 3 heteroatoms. The van der Waals surface area contributed by atoms with Crippen LogP contribution in [-0.2, 0) is 6.42 Å². The van der Waals surface area contributed by atoms with E-state index in [1.54, 1.807) is 0 Å². The van der Waals surface area contributed by atoms with Gasteiger partial charge in [-0.15, -0.1) is 11.8 Å². The minimum absolute atomic E-state index is 0.823. The maximum Gasteiger partial charge on any atom is 0.0411 e. The first-order valence-corrected chi connectivity index (χ1v) is 6.89. The van der Waals surface area contributed by atoms with Gasteiger partial charge in [-0.25, -0.2) is 0 Å². The first-order chi connectivity index (χ1) is 7.26. The Bertz CT molecular complexity index is 271. The first-order valence-electron chi connectivity index (χ1n) is 5.27. The Morgan fingerprint density at radius 3 is 2.47 bits per heavy atom. The van der Waals surface area contributed by atoms with E-state index in [1.807, 2.05) is 11.8 Å². The lowest BCUT2D eigenvalue weighted by Crippen LogP contribution is -2.19. The maximum absolute atomic E-state index is 4.23. The summed E-state index contributed by atoms with van der Waals surface area (Å²) in [6, 6.07) is 8.88. The van der Waals surface area contributed by atoms with Crippen LogP contribution in [0.2, 0.25) is 0 Å². The van der Waals surface area contributed by atoms with Gasteiger partial charge in [0.1, 0.15) is 0 Å². The molecule has 15 heavy (non-hydrogen) atoms. The quantitative estimate of drug-likeness (QED) is 0.463. The minimum atomic E-state index is 0.823. The second-order valence-corrected chi connectivity index (χ2v) is 5.17. The van der Waals surface area contributed by atoms with Gasteiger partial charge in [0.05, 0.1) is 0 Å². The van der Waals surface area contributed by atoms with Crippen molar-refractivity contribution in [3.8, 4) is 0 Å². The molecule has 0 N–H and O–H groups in total. The Balaban J connectivity index is 2.42. The van der Waals surface area contributed by atoms with Gasteiger partial charge in [0.15, 0.2) is 0 Å². The van der Waals surface area contributed by atoms with Crippen LogP contribution in [0.4, 0.5) is 0 Å². The van der Waals surface area contributed by atoms with Crippen molar-refractivity contribution in [3.05, 3.63) is 29.8 Å². The second-order valence-electron chi connectivity index (χ2n) is 3.55. The van der Waals surface area contributed by atoms with Crippen LogP contribution in [0.5, 0.6) is 0 Å². The Morgan fingerprint density at radius 1 is 1.27 bits per heavy atom. The van der Waals surface area contributed by atoms with Crippen LogP contribution in [0.1, 0.15) is 12.5 Å². The molecule has 0 spiro atoms. The molecule has 1 rings (SSSR count). The molecule has 1 aromatic rings. The van der Waals surface area contributed by atoms with Crippen molar-refractivity contribution in [2.45, 2.75) is 18.2 Å². The van der Waals surface area contributed by atoms with Crippen molar-refractivity contribution in [3.63, 3.8) is 0 Å². The molecule has 1 nitrogen and oxygen atoms in total. The van der Waals surface area contributed by atoms with Crippen molar-refractivity contribution in [1.29, 1.82) is 0 Å². The highest BCUT2D eigenvalue weighted by Crippen LogP contribution is 2.17. The number of thioether (sulfide) groups is 1. The van der Waals surface area contributed by atoms with E-state index in [1.165, 1.54) is 10.5 Å². The van der Waals surface area contributed by atoms with Crippen LogP contribution in [0.15, 0.2) is 29.2 Å². The lowest BCUT2D eigenvalue weighted by molar-refractivity contribution is 0.399. The van der Waals surface area contributed by atoms with Gasteiger partial charge in [0.2, 0.25) is 0 Å². The van der Waals surface area contributed by atoms with E-state index < -0.39 is 0 Å². The summed E-state index contributed by atoms with van der Waals surface area (Å²) in [6.07, 6.45) is 1.11. The molecule has 0 bridgehead atoms. The predicted octanol–water partition coefficient (Wildman–Crippen LogP) is 3.16. The third-order valence-corrected chi connectivity index (χ3v) is 3.63. The van der Waals surface area contributed by atoms with E-state index in [4.69, 9.17) is 0 Å². The molecule has 0 saturated heterocycles. The van der Waals surface area contributed by atoms with Crippen molar-refractivity contribution in [1.82, 2.24) is 4.90 Å². The molecule has 1 aromatic carbocycles. The van der Waals surface area contributed by atoms with Crippen molar-refractivity contribution >= 4 is 24.4 Å². The molecule has 0 aliphatic heterocycles. The Morgan fingerprint density at radius 2 is 1.93 bits per heavy atom. The number of benzene rings is 1. The average Bonchev–Trinajstić information content (AvgIpc) is 2.28. The standard InChI is InChI=1S/C12H19NS2/c1-3-15-12-6-4-11(5-7-12)8-9-13(2)10-14/h4-7,14H,3,8-10H2,1-2H3. The summed E-state index contributed by atoms with van der Waals surface area (Å²) in [7, 11) is 2.09. The van der Waals surface area contributed by atoms with Gasteiger partial charge in [-0.3, -0.25) is 4.90 Å². The Hall–Kier alpha value is -0.120. The third kappa shape index (κ3) is 4.96. The zero-order valence-corrected chi connectivity index (χ0v) is 11.2. The zero-order valence-electron chi connectivity index (χ0n) is 9.44. The fraction of sp³-hybridized carbons (Fsp3) is 0.500. The molecule has 0 aliphatic rings. The van der Waals surface area contributed by atoms with Gasteiger partial charge in [0, 0.05) is 17.3 Å². The van der Waals surface area contributed by atoms with E-state index in [0.717, 1.165) is 24.6 Å². The summed E-state index contributed by atoms with van der Waals surface area (Å²) in [5.74, 6) is 1.96. The summed E-state index contributed by atoms with van der Waals surface area (Å²) in [4.78, 5) is 3.57. The molecule has 0 radical (unpaired) electrons. The highest BCUT2D eigenvalue weighted by atomic mass is 32.2. The maximum atomic E-state index is 4.23. The van der Waals surface area contributed by atoms with Crippen LogP contribution in [-0.4, -0.2) is 30.1 Å². The smallest absolute Gasteiger partial charge is 0.0411 e. The minimum Gasteiger partial charge on any atom is -0.297 e. The van der Waals surface area contributed by atoms with Crippen molar-refractivity contribution < 1.29 is 0 Å². The van der Waals surface area contributed by atoms with Crippen LogP contribution < -0.4 is 0 Å². The molecular formula is C12H19NS2. The predicted molar refractivity (Wildman–Crippen MR) is 73.0 cm³/mol. The van der Waals surface area contributed by atoms with Gasteiger partial charge >= 0.3 is 0 Å². The largest absolute Gasteiger partial charge is 0.297 e. The number of hydrogen-bond acceptors (Lipinski definition) is 3. The number of rotatable bonds is 6. The van der Waals surface area contributed by atoms with Gasteiger partial charge in [-0.1, -0.05) is 19.1 Å². The van der Waals surface area contributed by atoms with Crippen LogP contribution in [0, 0.1) is 0 Å². The molecule has 0 fully saturated rings. The van der Waals surface area contributed by atoms with Crippen LogP contribution in [0.3, 0.4) is 0 Å². The van der Waals surface area contributed by atoms with E-state index in [2.05, 4.69) is 55.8 Å². The van der Waals surface area contributed by atoms with Crippen molar-refractivity contribution in [2.75, 3.05) is 25.2 Å². The van der Waals surface area contributed by atoms with E-state index >= 15 is 0 Å². The topological polar surface area (TPSA) is 3.24 Å². The zero-order chi connectivity index (χ0) is 11.1. The number of nitrogens with zero attached hydrogens (tertiary/aromatic N) is 1. The fourth-order valence-corrected chi connectivity index (χ4v) is 2.11. The Labute approximate surface area is 103 Å². The van der Waals surface area contributed by atoms with Gasteiger partial charge in [0.25, 0.3) is 0 Å². The summed E-state index contributed by atoms with van der Waals surface area (Å²) >= 11 is 6.12. The summed E-state index contributed by atoms with van der Waals surface area (Å²) in [5, 5.41) is 0. The highest BCUT2D eigenvalue weighted by Gasteiger charge is 1.97. The molecule has 0 unspecified atom stereocenters. The summed E-state index contributed by atoms with van der Waals surface area (Å²) in [5.41, 5.74) is 1.41. The molecule has 0 atom stereocenters.